The van der Waals surface area contributed by atoms with Crippen LogP contribution in [0.15, 0.2) is 22.7 Å². The quantitative estimate of drug-likeness (QED) is 0.520. The Hall–Kier alpha value is -1.02. The number of hydrogen-bond donors (Lipinski definition) is 3. The minimum atomic E-state index is -0.774. The predicted molar refractivity (Wildman–Crippen MR) is 74.8 cm³/mol. The van der Waals surface area contributed by atoms with Gasteiger partial charge in [-0.3, -0.25) is 10.1 Å². The molecular formula is C12H17BrN2O4. The van der Waals surface area contributed by atoms with Gasteiger partial charge in [0.1, 0.15) is 0 Å². The van der Waals surface area contributed by atoms with E-state index in [1.54, 1.807) is 12.1 Å². The van der Waals surface area contributed by atoms with Crippen molar-refractivity contribution in [3.05, 3.63) is 38.3 Å². The van der Waals surface area contributed by atoms with Crippen LogP contribution in [0, 0.1) is 10.1 Å². The number of benzene rings is 1. The maximum atomic E-state index is 10.8. The molecular weight excluding hydrogens is 316 g/mol. The Balaban J connectivity index is 2.89. The van der Waals surface area contributed by atoms with Gasteiger partial charge in [-0.1, -0.05) is 19.1 Å². The predicted octanol–water partition coefficient (Wildman–Crippen LogP) is 1.58. The summed E-state index contributed by atoms with van der Waals surface area (Å²) >= 11 is 3.21. The van der Waals surface area contributed by atoms with Crippen molar-refractivity contribution in [1.82, 2.24) is 5.32 Å². The largest absolute Gasteiger partial charge is 0.394 e. The van der Waals surface area contributed by atoms with Crippen molar-refractivity contribution in [3.63, 3.8) is 0 Å². The summed E-state index contributed by atoms with van der Waals surface area (Å²) in [4.78, 5) is 10.4. The first kappa shape index (κ1) is 16.0. The summed E-state index contributed by atoms with van der Waals surface area (Å²) in [6.07, 6.45) is 0.548. The normalized spacial score (nSPS) is 11.6. The fourth-order valence-electron chi connectivity index (χ4n) is 1.64. The highest BCUT2D eigenvalue weighted by Crippen LogP contribution is 2.28. The number of aliphatic hydroxyl groups excluding tert-OH is 2. The molecule has 0 aliphatic carbocycles. The SMILES string of the molecule is CCC(CO)(CO)NCc1cccc([N+](=O)[O-])c1Br. The average molecular weight is 333 g/mol. The number of rotatable bonds is 7. The van der Waals surface area contributed by atoms with Crippen molar-refractivity contribution < 1.29 is 15.1 Å². The average Bonchev–Trinajstić information content (AvgIpc) is 2.42. The fourth-order valence-corrected chi connectivity index (χ4v) is 2.19. The Morgan fingerprint density at radius 3 is 2.53 bits per heavy atom. The first-order valence-corrected chi connectivity index (χ1v) is 6.67. The zero-order valence-corrected chi connectivity index (χ0v) is 12.2. The molecule has 0 atom stereocenters. The van der Waals surface area contributed by atoms with Gasteiger partial charge in [0.05, 0.1) is 28.1 Å². The van der Waals surface area contributed by atoms with Crippen LogP contribution in [0.4, 0.5) is 5.69 Å². The molecule has 1 aromatic rings. The Bertz CT molecular complexity index is 441. The fraction of sp³-hybridized carbons (Fsp3) is 0.500. The van der Waals surface area contributed by atoms with E-state index in [0.29, 0.717) is 23.0 Å². The zero-order chi connectivity index (χ0) is 14.5. The first-order chi connectivity index (χ1) is 8.99. The number of nitrogens with zero attached hydrogens (tertiary/aromatic N) is 1. The van der Waals surface area contributed by atoms with Crippen molar-refractivity contribution in [2.75, 3.05) is 13.2 Å². The van der Waals surface area contributed by atoms with Gasteiger partial charge in [-0.05, 0) is 27.9 Å². The van der Waals surface area contributed by atoms with Crippen molar-refractivity contribution in [1.29, 1.82) is 0 Å². The number of halogens is 1. The molecule has 0 fully saturated rings. The summed E-state index contributed by atoms with van der Waals surface area (Å²) in [5.41, 5.74) is -0.0762. The minimum absolute atomic E-state index is 0.00519. The van der Waals surface area contributed by atoms with Crippen LogP contribution in [0.2, 0.25) is 0 Å². The van der Waals surface area contributed by atoms with Crippen molar-refractivity contribution in [2.45, 2.75) is 25.4 Å². The molecule has 0 aliphatic rings. The van der Waals surface area contributed by atoms with Crippen LogP contribution in [0.5, 0.6) is 0 Å². The van der Waals surface area contributed by atoms with Gasteiger partial charge in [-0.25, -0.2) is 0 Å². The second-order valence-electron chi connectivity index (χ2n) is 4.31. The van der Waals surface area contributed by atoms with Crippen LogP contribution in [-0.2, 0) is 6.54 Å². The van der Waals surface area contributed by atoms with E-state index in [-0.39, 0.29) is 18.9 Å². The Kier molecular flexibility index (Phi) is 5.86. The summed E-state index contributed by atoms with van der Waals surface area (Å²) in [5, 5.41) is 32.5. The molecule has 106 valence electrons. The van der Waals surface area contributed by atoms with Crippen LogP contribution in [0.25, 0.3) is 0 Å². The highest BCUT2D eigenvalue weighted by Gasteiger charge is 2.26. The molecule has 0 aromatic heterocycles. The molecule has 1 aromatic carbocycles. The van der Waals surface area contributed by atoms with E-state index in [1.807, 2.05) is 6.92 Å². The van der Waals surface area contributed by atoms with Gasteiger partial charge >= 0.3 is 0 Å². The van der Waals surface area contributed by atoms with E-state index < -0.39 is 10.5 Å². The van der Waals surface area contributed by atoms with Gasteiger partial charge in [-0.15, -0.1) is 0 Å². The van der Waals surface area contributed by atoms with Crippen LogP contribution in [0.1, 0.15) is 18.9 Å². The van der Waals surface area contributed by atoms with E-state index in [0.717, 1.165) is 0 Å². The van der Waals surface area contributed by atoms with Gasteiger partial charge in [-0.2, -0.15) is 0 Å². The van der Waals surface area contributed by atoms with E-state index >= 15 is 0 Å². The third kappa shape index (κ3) is 3.73. The summed E-state index contributed by atoms with van der Waals surface area (Å²) in [6, 6.07) is 4.77. The van der Waals surface area contributed by atoms with E-state index in [9.17, 15) is 20.3 Å². The third-order valence-electron chi connectivity index (χ3n) is 3.19. The molecule has 19 heavy (non-hydrogen) atoms. The van der Waals surface area contributed by atoms with Gasteiger partial charge in [0.2, 0.25) is 0 Å². The number of nitrogens with one attached hydrogen (secondary N) is 1. The van der Waals surface area contributed by atoms with E-state index in [1.165, 1.54) is 6.07 Å². The van der Waals surface area contributed by atoms with Gasteiger partial charge in [0.25, 0.3) is 5.69 Å². The molecule has 0 radical (unpaired) electrons. The number of nitro groups is 1. The second kappa shape index (κ2) is 6.95. The monoisotopic (exact) mass is 332 g/mol. The second-order valence-corrected chi connectivity index (χ2v) is 5.10. The van der Waals surface area contributed by atoms with Crippen molar-refractivity contribution in [3.8, 4) is 0 Å². The molecule has 0 aliphatic heterocycles. The van der Waals surface area contributed by atoms with Gasteiger partial charge in [0, 0.05) is 12.6 Å². The summed E-state index contributed by atoms with van der Waals surface area (Å²) in [5.74, 6) is 0. The lowest BCUT2D eigenvalue weighted by atomic mass is 9.98. The highest BCUT2D eigenvalue weighted by atomic mass is 79.9. The molecule has 1 rings (SSSR count). The molecule has 0 spiro atoms. The molecule has 0 bridgehead atoms. The molecule has 0 saturated heterocycles. The Labute approximate surface area is 119 Å². The zero-order valence-electron chi connectivity index (χ0n) is 10.6. The lowest BCUT2D eigenvalue weighted by Gasteiger charge is -2.30. The number of nitro benzene ring substituents is 1. The highest BCUT2D eigenvalue weighted by molar-refractivity contribution is 9.10. The number of hydrogen-bond acceptors (Lipinski definition) is 5. The van der Waals surface area contributed by atoms with Gasteiger partial charge in [0.15, 0.2) is 0 Å². The summed E-state index contributed by atoms with van der Waals surface area (Å²) < 4.78 is 0.411. The van der Waals surface area contributed by atoms with Crippen LogP contribution in [-0.4, -0.2) is 33.9 Å². The third-order valence-corrected chi connectivity index (χ3v) is 4.11. The maximum Gasteiger partial charge on any atom is 0.283 e. The molecule has 0 amide bonds. The van der Waals surface area contributed by atoms with Crippen LogP contribution in [0.3, 0.4) is 0 Å². The Morgan fingerprint density at radius 2 is 2.05 bits per heavy atom. The van der Waals surface area contributed by atoms with Crippen LogP contribution < -0.4 is 5.32 Å². The van der Waals surface area contributed by atoms with E-state index in [4.69, 9.17) is 0 Å². The van der Waals surface area contributed by atoms with Crippen LogP contribution >= 0.6 is 15.9 Å². The Morgan fingerprint density at radius 1 is 1.42 bits per heavy atom. The number of aliphatic hydroxyl groups is 2. The lowest BCUT2D eigenvalue weighted by molar-refractivity contribution is -0.385. The first-order valence-electron chi connectivity index (χ1n) is 5.88. The topological polar surface area (TPSA) is 95.6 Å². The van der Waals surface area contributed by atoms with E-state index in [2.05, 4.69) is 21.2 Å². The van der Waals surface area contributed by atoms with Crippen molar-refractivity contribution >= 4 is 21.6 Å². The summed E-state index contributed by atoms with van der Waals surface area (Å²) in [6.45, 7) is 1.76. The molecule has 3 N–H and O–H groups in total. The smallest absolute Gasteiger partial charge is 0.283 e. The molecule has 0 saturated carbocycles. The standard InChI is InChI=1S/C12H17BrN2O4/c1-2-12(7-16,8-17)14-6-9-4-3-5-10(11(9)13)15(18)19/h3-5,14,16-17H,2,6-8H2,1H3. The lowest BCUT2D eigenvalue weighted by Crippen LogP contribution is -2.50. The minimum Gasteiger partial charge on any atom is -0.394 e. The molecule has 6 nitrogen and oxygen atoms in total. The van der Waals surface area contributed by atoms with Crippen molar-refractivity contribution in [2.24, 2.45) is 0 Å². The summed E-state index contributed by atoms with van der Waals surface area (Å²) in [7, 11) is 0. The molecule has 0 unspecified atom stereocenters. The maximum absolute atomic E-state index is 10.8. The molecule has 7 heteroatoms. The van der Waals surface area contributed by atoms with Gasteiger partial charge < -0.3 is 15.5 Å². The molecule has 0 heterocycles.